The van der Waals surface area contributed by atoms with E-state index in [1.54, 1.807) is 12.1 Å². The SMILES string of the molecule is CC.CCCCCCC(=O)CC(C)CCC(=O)c1ccc(C2C=CC=CC2C#N)cc1CCCc1cccc(F)c1.[HH].[HH]. The van der Waals surface area contributed by atoms with E-state index in [0.29, 0.717) is 37.9 Å². The molecule has 2 aromatic rings. The summed E-state index contributed by atoms with van der Waals surface area (Å²) in [5.74, 6) is 0.0552. The number of allylic oxidation sites excluding steroid dienone is 4. The summed E-state index contributed by atoms with van der Waals surface area (Å²) in [4.78, 5) is 25.7. The third kappa shape index (κ3) is 11.6. The molecular formula is C37H52FNO2. The minimum atomic E-state index is -0.239. The van der Waals surface area contributed by atoms with Crippen LogP contribution in [0, 0.1) is 29.0 Å². The van der Waals surface area contributed by atoms with Crippen molar-refractivity contribution in [2.24, 2.45) is 11.8 Å². The number of rotatable bonds is 16. The highest BCUT2D eigenvalue weighted by molar-refractivity contribution is 5.97. The topological polar surface area (TPSA) is 57.9 Å². The number of hydrogen-bond acceptors (Lipinski definition) is 3. The van der Waals surface area contributed by atoms with Crippen molar-refractivity contribution in [1.82, 2.24) is 0 Å². The van der Waals surface area contributed by atoms with Crippen LogP contribution in [-0.4, -0.2) is 11.6 Å². The Hall–Kier alpha value is -3.32. The summed E-state index contributed by atoms with van der Waals surface area (Å²) in [5.41, 5.74) is 3.67. The Morgan fingerprint density at radius 3 is 2.49 bits per heavy atom. The van der Waals surface area contributed by atoms with E-state index in [-0.39, 0.29) is 32.2 Å². The summed E-state index contributed by atoms with van der Waals surface area (Å²) in [6.45, 7) is 8.23. The monoisotopic (exact) mass is 561 g/mol. The second-order valence-corrected chi connectivity index (χ2v) is 11.0. The van der Waals surface area contributed by atoms with Crippen LogP contribution in [0.4, 0.5) is 4.39 Å². The molecule has 41 heavy (non-hydrogen) atoms. The molecule has 0 bridgehead atoms. The zero-order chi connectivity index (χ0) is 30.0. The molecule has 0 saturated carbocycles. The fourth-order valence-corrected chi connectivity index (χ4v) is 5.38. The average Bonchev–Trinajstić information content (AvgIpc) is 2.99. The molecule has 0 radical (unpaired) electrons. The van der Waals surface area contributed by atoms with Crippen LogP contribution in [-0.2, 0) is 17.6 Å². The first-order valence-electron chi connectivity index (χ1n) is 15.6. The van der Waals surface area contributed by atoms with Crippen LogP contribution in [0.15, 0.2) is 66.8 Å². The van der Waals surface area contributed by atoms with Gasteiger partial charge in [-0.05, 0) is 66.8 Å². The minimum Gasteiger partial charge on any atom is -0.300 e. The number of carbonyl (C=O) groups excluding carboxylic acids is 2. The molecule has 2 aromatic carbocycles. The van der Waals surface area contributed by atoms with E-state index in [9.17, 15) is 19.2 Å². The molecule has 3 rings (SSSR count). The lowest BCUT2D eigenvalue weighted by Gasteiger charge is -2.21. The van der Waals surface area contributed by atoms with Gasteiger partial charge in [-0.15, -0.1) is 0 Å². The number of ketones is 2. The number of benzene rings is 2. The maximum atomic E-state index is 13.6. The van der Waals surface area contributed by atoms with E-state index in [4.69, 9.17) is 0 Å². The molecular weight excluding hydrogens is 509 g/mol. The quantitative estimate of drug-likeness (QED) is 0.151. The molecule has 0 aromatic heterocycles. The van der Waals surface area contributed by atoms with E-state index in [1.165, 1.54) is 12.5 Å². The zero-order valence-corrected chi connectivity index (χ0v) is 25.5. The average molecular weight is 562 g/mol. The second kappa shape index (κ2) is 18.9. The molecule has 4 heteroatoms. The van der Waals surface area contributed by atoms with Gasteiger partial charge in [-0.1, -0.05) is 102 Å². The Bertz CT molecular complexity index is 1220. The molecule has 3 atom stereocenters. The van der Waals surface area contributed by atoms with Crippen molar-refractivity contribution in [3.8, 4) is 6.07 Å². The van der Waals surface area contributed by atoms with Gasteiger partial charge in [0.2, 0.25) is 0 Å². The Morgan fingerprint density at radius 2 is 1.76 bits per heavy atom. The Labute approximate surface area is 250 Å². The lowest BCUT2D eigenvalue weighted by atomic mass is 9.81. The number of aryl methyl sites for hydroxylation is 2. The molecule has 224 valence electrons. The summed E-state index contributed by atoms with van der Waals surface area (Å²) in [6, 6.07) is 15.0. The third-order valence-electron chi connectivity index (χ3n) is 7.65. The van der Waals surface area contributed by atoms with Crippen molar-refractivity contribution in [1.29, 1.82) is 5.26 Å². The molecule has 0 aliphatic heterocycles. The highest BCUT2D eigenvalue weighted by atomic mass is 19.1. The number of nitrogens with zero attached hydrogens (tertiary/aromatic N) is 1. The van der Waals surface area contributed by atoms with Gasteiger partial charge in [0.05, 0.1) is 12.0 Å². The van der Waals surface area contributed by atoms with Crippen molar-refractivity contribution in [2.75, 3.05) is 0 Å². The first-order chi connectivity index (χ1) is 19.9. The number of unbranched alkanes of at least 4 members (excludes halogenated alkanes) is 3. The Kier molecular flexibility index (Phi) is 15.6. The predicted octanol–water partition coefficient (Wildman–Crippen LogP) is 10.4. The van der Waals surface area contributed by atoms with E-state index in [1.807, 2.05) is 56.4 Å². The smallest absolute Gasteiger partial charge is 0.163 e. The maximum Gasteiger partial charge on any atom is 0.163 e. The van der Waals surface area contributed by atoms with Crippen LogP contribution in [0.25, 0.3) is 0 Å². The first-order valence-corrected chi connectivity index (χ1v) is 15.6. The number of halogens is 1. The van der Waals surface area contributed by atoms with Gasteiger partial charge in [-0.3, -0.25) is 9.59 Å². The van der Waals surface area contributed by atoms with Gasteiger partial charge >= 0.3 is 0 Å². The van der Waals surface area contributed by atoms with Crippen LogP contribution in [0.2, 0.25) is 0 Å². The van der Waals surface area contributed by atoms with Crippen LogP contribution in [0.5, 0.6) is 0 Å². The van der Waals surface area contributed by atoms with E-state index < -0.39 is 0 Å². The predicted molar refractivity (Wildman–Crippen MR) is 172 cm³/mol. The van der Waals surface area contributed by atoms with Crippen molar-refractivity contribution in [3.05, 3.63) is 94.8 Å². The van der Waals surface area contributed by atoms with Crippen molar-refractivity contribution in [3.63, 3.8) is 0 Å². The number of carbonyl (C=O) groups is 2. The highest BCUT2D eigenvalue weighted by Gasteiger charge is 2.22. The van der Waals surface area contributed by atoms with E-state index in [2.05, 4.69) is 26.0 Å². The van der Waals surface area contributed by atoms with Crippen molar-refractivity contribution >= 4 is 11.6 Å². The largest absolute Gasteiger partial charge is 0.300 e. The van der Waals surface area contributed by atoms with Crippen molar-refractivity contribution < 1.29 is 16.8 Å². The Morgan fingerprint density at radius 1 is 0.976 bits per heavy atom. The van der Waals surface area contributed by atoms with Crippen LogP contribution in [0.1, 0.15) is 121 Å². The van der Waals surface area contributed by atoms with Crippen LogP contribution in [0.3, 0.4) is 0 Å². The van der Waals surface area contributed by atoms with Crippen LogP contribution >= 0.6 is 0 Å². The fraction of sp³-hybridized carbons (Fsp3) is 0.486. The second-order valence-electron chi connectivity index (χ2n) is 11.0. The van der Waals surface area contributed by atoms with Gasteiger partial charge in [-0.2, -0.15) is 5.26 Å². The summed E-state index contributed by atoms with van der Waals surface area (Å²) in [6.07, 6.45) is 16.7. The summed E-state index contributed by atoms with van der Waals surface area (Å²) in [7, 11) is 0. The maximum absolute atomic E-state index is 13.6. The number of nitriles is 1. The molecule has 0 amide bonds. The number of hydrogen-bond donors (Lipinski definition) is 0. The molecule has 0 fully saturated rings. The molecule has 0 N–H and O–H groups in total. The van der Waals surface area contributed by atoms with Crippen LogP contribution < -0.4 is 0 Å². The molecule has 3 unspecified atom stereocenters. The number of Topliss-reactive ketones (excluding diaryl/α,β-unsaturated/α-hetero) is 2. The highest BCUT2D eigenvalue weighted by Crippen LogP contribution is 2.32. The van der Waals surface area contributed by atoms with Gasteiger partial charge in [0.15, 0.2) is 5.78 Å². The first kappa shape index (κ1) is 33.9. The Balaban J connectivity index is 0.00000432. The minimum absolute atomic E-state index is 0. The van der Waals surface area contributed by atoms with Gasteiger partial charge < -0.3 is 0 Å². The zero-order valence-electron chi connectivity index (χ0n) is 25.5. The van der Waals surface area contributed by atoms with Gasteiger partial charge in [0, 0.05) is 33.6 Å². The standard InChI is InChI=1S/C35H42FNO2.C2H6.2H2/c1-3-4-5-6-16-32(38)22-26(2)18-21-35(39)34-20-19-29(33-17-8-7-13-30(33)25-37)24-28(34)14-9-11-27-12-10-15-31(36)23-27;1-2;;/h7-8,10,12-13,15,17,19-20,23-24,26,30,33H,3-6,9,11,14,16,18,21-22H2,1-2H3;1-2H3;2*1H. The van der Waals surface area contributed by atoms with Crippen molar-refractivity contribution in [2.45, 2.75) is 104 Å². The van der Waals surface area contributed by atoms with E-state index >= 15 is 0 Å². The van der Waals surface area contributed by atoms with E-state index in [0.717, 1.165) is 54.4 Å². The molecule has 3 nitrogen and oxygen atoms in total. The van der Waals surface area contributed by atoms with Gasteiger partial charge in [-0.25, -0.2) is 4.39 Å². The summed E-state index contributed by atoms with van der Waals surface area (Å²) < 4.78 is 13.6. The molecule has 1 aliphatic carbocycles. The normalized spacial score (nSPS) is 16.4. The molecule has 0 heterocycles. The molecule has 0 spiro atoms. The summed E-state index contributed by atoms with van der Waals surface area (Å²) in [5, 5.41) is 9.64. The molecule has 1 aliphatic rings. The fourth-order valence-electron chi connectivity index (χ4n) is 5.38. The lowest BCUT2D eigenvalue weighted by Crippen LogP contribution is -2.12. The van der Waals surface area contributed by atoms with Gasteiger partial charge in [0.1, 0.15) is 11.6 Å². The summed E-state index contributed by atoms with van der Waals surface area (Å²) >= 11 is 0. The third-order valence-corrected chi connectivity index (χ3v) is 7.65. The van der Waals surface area contributed by atoms with Gasteiger partial charge in [0.25, 0.3) is 0 Å². The molecule has 0 saturated heterocycles. The lowest BCUT2D eigenvalue weighted by molar-refractivity contribution is -0.120.